The molecule has 1 fully saturated rings. The summed E-state index contributed by atoms with van der Waals surface area (Å²) in [5, 5.41) is 3.05. The highest BCUT2D eigenvalue weighted by Crippen LogP contribution is 2.43. The fraction of sp³-hybridized carbons (Fsp3) is 0.409. The van der Waals surface area contributed by atoms with Crippen LogP contribution in [0.4, 0.5) is 0 Å². The molecule has 0 unspecified atom stereocenters. The van der Waals surface area contributed by atoms with Gasteiger partial charge in [-0.1, -0.05) is 61.0 Å². The molecule has 2 N–H and O–H groups in total. The molecule has 0 bridgehead atoms. The van der Waals surface area contributed by atoms with Gasteiger partial charge in [-0.15, -0.1) is 0 Å². The van der Waals surface area contributed by atoms with Crippen molar-refractivity contribution < 1.29 is 13.2 Å². The first-order valence-corrected chi connectivity index (χ1v) is 11.4. The highest BCUT2D eigenvalue weighted by molar-refractivity contribution is 7.88. The number of benzene rings is 2. The smallest absolute Gasteiger partial charge is 0.230 e. The van der Waals surface area contributed by atoms with Crippen molar-refractivity contribution in [2.24, 2.45) is 0 Å². The van der Waals surface area contributed by atoms with E-state index in [0.717, 1.165) is 30.4 Å². The van der Waals surface area contributed by atoms with Crippen LogP contribution >= 0.6 is 0 Å². The molecule has 1 aliphatic carbocycles. The molecule has 0 radical (unpaired) electrons. The Morgan fingerprint density at radius 1 is 1.00 bits per heavy atom. The first-order valence-electron chi connectivity index (χ1n) is 9.73. The predicted molar refractivity (Wildman–Crippen MR) is 111 cm³/mol. The number of rotatable bonds is 8. The number of amides is 1. The highest BCUT2D eigenvalue weighted by Gasteiger charge is 2.45. The number of nitrogens with one attached hydrogen (secondary N) is 2. The lowest BCUT2D eigenvalue weighted by Gasteiger charge is -2.40. The van der Waals surface area contributed by atoms with E-state index < -0.39 is 15.4 Å². The summed E-state index contributed by atoms with van der Waals surface area (Å²) >= 11 is 0. The van der Waals surface area contributed by atoms with Gasteiger partial charge in [-0.25, -0.2) is 13.1 Å². The first kappa shape index (κ1) is 20.6. The van der Waals surface area contributed by atoms with Crippen LogP contribution in [0.1, 0.15) is 49.8 Å². The van der Waals surface area contributed by atoms with Crippen LogP contribution in [0.2, 0.25) is 0 Å². The molecule has 0 saturated heterocycles. The fourth-order valence-electron chi connectivity index (χ4n) is 3.76. The quantitative estimate of drug-likeness (QED) is 0.714. The maximum Gasteiger partial charge on any atom is 0.230 e. The summed E-state index contributed by atoms with van der Waals surface area (Å²) in [7, 11) is -3.42. The molecule has 150 valence electrons. The third kappa shape index (κ3) is 4.62. The van der Waals surface area contributed by atoms with Crippen LogP contribution in [0.25, 0.3) is 0 Å². The van der Waals surface area contributed by atoms with Gasteiger partial charge < -0.3 is 5.32 Å². The highest BCUT2D eigenvalue weighted by atomic mass is 32.2. The third-order valence-corrected chi connectivity index (χ3v) is 6.81. The monoisotopic (exact) mass is 400 g/mol. The molecule has 5 nitrogen and oxygen atoms in total. The van der Waals surface area contributed by atoms with Gasteiger partial charge in [0, 0.05) is 12.6 Å². The minimum atomic E-state index is -3.42. The van der Waals surface area contributed by atoms with Crippen molar-refractivity contribution >= 4 is 15.9 Å². The van der Waals surface area contributed by atoms with Gasteiger partial charge in [0.15, 0.2) is 0 Å². The molecule has 1 amide bonds. The summed E-state index contributed by atoms with van der Waals surface area (Å²) in [6.07, 6.45) is 2.73. The lowest BCUT2D eigenvalue weighted by molar-refractivity contribution is -0.130. The van der Waals surface area contributed by atoms with E-state index in [9.17, 15) is 13.2 Å². The van der Waals surface area contributed by atoms with Gasteiger partial charge in [0.25, 0.3) is 0 Å². The van der Waals surface area contributed by atoms with Gasteiger partial charge in [0.1, 0.15) is 0 Å². The molecular weight excluding hydrogens is 372 g/mol. The molecule has 0 aliphatic heterocycles. The Balaban J connectivity index is 1.72. The number of carbonyl (C=O) groups excluding carboxylic acids is 1. The first-order chi connectivity index (χ1) is 13.3. The zero-order chi connectivity index (χ0) is 20.2. The standard InChI is InChI=1S/C22H28N2O3S/c1-17(2)24-28(26,27)16-19-10-7-6-9-18(19)15-23-21(25)22(13-8-14-22)20-11-4-3-5-12-20/h3-7,9-12,17,24H,8,13-16H2,1-2H3,(H,23,25). The van der Waals surface area contributed by atoms with Crippen molar-refractivity contribution in [3.8, 4) is 0 Å². The molecule has 0 heterocycles. The van der Waals surface area contributed by atoms with Crippen LogP contribution in [0.3, 0.4) is 0 Å². The topological polar surface area (TPSA) is 75.3 Å². The van der Waals surface area contributed by atoms with E-state index in [0.29, 0.717) is 12.1 Å². The molecule has 0 atom stereocenters. The largest absolute Gasteiger partial charge is 0.351 e. The normalized spacial score (nSPS) is 15.8. The Morgan fingerprint density at radius 3 is 2.18 bits per heavy atom. The van der Waals surface area contributed by atoms with Gasteiger partial charge in [-0.05, 0) is 43.4 Å². The molecule has 6 heteroatoms. The summed E-state index contributed by atoms with van der Waals surface area (Å²) in [6.45, 7) is 3.91. The maximum absolute atomic E-state index is 13.0. The molecule has 1 saturated carbocycles. The second kappa shape index (κ2) is 8.45. The summed E-state index contributed by atoms with van der Waals surface area (Å²) in [5.41, 5.74) is 2.13. The molecule has 0 aromatic heterocycles. The summed E-state index contributed by atoms with van der Waals surface area (Å²) in [5.74, 6) is -0.0796. The lowest BCUT2D eigenvalue weighted by atomic mass is 9.64. The Labute approximate surface area is 167 Å². The van der Waals surface area contributed by atoms with E-state index in [2.05, 4.69) is 10.0 Å². The average molecular weight is 401 g/mol. The van der Waals surface area contributed by atoms with Crippen molar-refractivity contribution in [1.29, 1.82) is 0 Å². The van der Waals surface area contributed by atoms with Crippen LogP contribution in [0.5, 0.6) is 0 Å². The van der Waals surface area contributed by atoms with Crippen LogP contribution in [-0.2, 0) is 32.5 Å². The van der Waals surface area contributed by atoms with E-state index in [1.807, 2.05) is 48.5 Å². The van der Waals surface area contributed by atoms with Gasteiger partial charge in [0.05, 0.1) is 11.2 Å². The number of hydrogen-bond acceptors (Lipinski definition) is 3. The predicted octanol–water partition coefficient (Wildman–Crippen LogP) is 3.25. The average Bonchev–Trinajstić information content (AvgIpc) is 2.59. The van der Waals surface area contributed by atoms with E-state index >= 15 is 0 Å². The maximum atomic E-state index is 13.0. The van der Waals surface area contributed by atoms with Crippen LogP contribution < -0.4 is 10.0 Å². The zero-order valence-corrected chi connectivity index (χ0v) is 17.3. The van der Waals surface area contributed by atoms with Crippen molar-refractivity contribution in [3.05, 3.63) is 71.3 Å². The van der Waals surface area contributed by atoms with E-state index in [4.69, 9.17) is 0 Å². The number of hydrogen-bond donors (Lipinski definition) is 2. The third-order valence-electron chi connectivity index (χ3n) is 5.29. The van der Waals surface area contributed by atoms with Crippen molar-refractivity contribution in [2.75, 3.05) is 0 Å². The Morgan fingerprint density at radius 2 is 1.61 bits per heavy atom. The summed E-state index contributed by atoms with van der Waals surface area (Å²) in [6, 6.07) is 17.1. The molecule has 2 aromatic carbocycles. The molecule has 28 heavy (non-hydrogen) atoms. The van der Waals surface area contributed by atoms with Crippen LogP contribution in [-0.4, -0.2) is 20.4 Å². The van der Waals surface area contributed by atoms with Crippen LogP contribution in [0.15, 0.2) is 54.6 Å². The van der Waals surface area contributed by atoms with Gasteiger partial charge in [0.2, 0.25) is 15.9 Å². The van der Waals surface area contributed by atoms with Crippen LogP contribution in [0, 0.1) is 0 Å². The van der Waals surface area contributed by atoms with E-state index in [1.165, 1.54) is 0 Å². The summed E-state index contributed by atoms with van der Waals surface area (Å²) in [4.78, 5) is 13.0. The minimum absolute atomic E-state index is 0.0166. The van der Waals surface area contributed by atoms with E-state index in [1.54, 1.807) is 19.9 Å². The van der Waals surface area contributed by atoms with Gasteiger partial charge in [-0.2, -0.15) is 0 Å². The fourth-order valence-corrected chi connectivity index (χ4v) is 5.25. The summed E-state index contributed by atoms with van der Waals surface area (Å²) < 4.78 is 27.2. The Bertz CT molecular complexity index is 920. The van der Waals surface area contributed by atoms with Gasteiger partial charge in [-0.3, -0.25) is 4.79 Å². The second-order valence-electron chi connectivity index (χ2n) is 7.78. The van der Waals surface area contributed by atoms with E-state index in [-0.39, 0.29) is 17.7 Å². The minimum Gasteiger partial charge on any atom is -0.351 e. The lowest BCUT2D eigenvalue weighted by Crippen LogP contribution is -2.49. The number of carbonyl (C=O) groups is 1. The van der Waals surface area contributed by atoms with Crippen molar-refractivity contribution in [2.45, 2.75) is 56.9 Å². The molecule has 2 aromatic rings. The molecule has 0 spiro atoms. The molecule has 3 rings (SSSR count). The second-order valence-corrected chi connectivity index (χ2v) is 9.54. The Hall–Kier alpha value is -2.18. The molecular formula is C22H28N2O3S. The number of sulfonamides is 1. The van der Waals surface area contributed by atoms with Crippen molar-refractivity contribution in [1.82, 2.24) is 10.0 Å². The zero-order valence-electron chi connectivity index (χ0n) is 16.4. The Kier molecular flexibility index (Phi) is 6.20. The van der Waals surface area contributed by atoms with Crippen molar-refractivity contribution in [3.63, 3.8) is 0 Å². The van der Waals surface area contributed by atoms with Gasteiger partial charge >= 0.3 is 0 Å². The SMILES string of the molecule is CC(C)NS(=O)(=O)Cc1ccccc1CNC(=O)C1(c2ccccc2)CCC1. The molecule has 1 aliphatic rings.